The van der Waals surface area contributed by atoms with Crippen LogP contribution in [0.5, 0.6) is 0 Å². The molecule has 141 valence electrons. The van der Waals surface area contributed by atoms with Crippen LogP contribution in [-0.2, 0) is 0 Å². The molecule has 0 spiro atoms. The minimum absolute atomic E-state index is 0.448. The molecule has 0 bridgehead atoms. The van der Waals surface area contributed by atoms with Crippen LogP contribution < -0.4 is 21.2 Å². The van der Waals surface area contributed by atoms with Crippen LogP contribution in [0.25, 0.3) is 0 Å². The standard InChI is InChI=1S/C26H24BP2/c27-29(25-17-9-3-10-18-25,26-19-11-4-12-20-26)22-21-28(23-13-5-1-6-14-23)24-15-7-2-8-16-24/h1-20H,21-22H2. The average molecular weight is 409 g/mol. The van der Waals surface area contributed by atoms with Crippen molar-refractivity contribution in [3.05, 3.63) is 121 Å². The van der Waals surface area contributed by atoms with E-state index >= 15 is 0 Å². The lowest BCUT2D eigenvalue weighted by atomic mass is 10.4. The van der Waals surface area contributed by atoms with E-state index in [0.717, 1.165) is 12.3 Å². The fraction of sp³-hybridized carbons (Fsp3) is 0.0769. The molecule has 0 fully saturated rings. The van der Waals surface area contributed by atoms with Crippen molar-refractivity contribution in [3.8, 4) is 0 Å². The number of hydrogen-bond donors (Lipinski definition) is 0. The molecule has 3 radical (unpaired) electrons. The molecule has 4 aromatic rings. The van der Waals surface area contributed by atoms with Crippen molar-refractivity contribution >= 4 is 43.8 Å². The van der Waals surface area contributed by atoms with Gasteiger partial charge in [-0.1, -0.05) is 97.1 Å². The maximum Gasteiger partial charge on any atom is 0.0467 e. The first-order valence-corrected chi connectivity index (χ1v) is 13.5. The van der Waals surface area contributed by atoms with Gasteiger partial charge in [0.05, 0.1) is 0 Å². The zero-order chi connectivity index (χ0) is 19.9. The summed E-state index contributed by atoms with van der Waals surface area (Å²) >= 11 is 0. The fourth-order valence-corrected chi connectivity index (χ4v) is 9.84. The van der Waals surface area contributed by atoms with Crippen LogP contribution in [0.2, 0.25) is 0 Å². The van der Waals surface area contributed by atoms with Gasteiger partial charge in [0.1, 0.15) is 0 Å². The highest BCUT2D eigenvalue weighted by molar-refractivity contribution is 8.08. The maximum absolute atomic E-state index is 7.27. The molecule has 0 aromatic heterocycles. The Morgan fingerprint density at radius 1 is 0.517 bits per heavy atom. The first-order chi connectivity index (χ1) is 14.3. The second-order valence-electron chi connectivity index (χ2n) is 7.09. The summed E-state index contributed by atoms with van der Waals surface area (Å²) in [6, 6.07) is 43.2. The quantitative estimate of drug-likeness (QED) is 0.302. The third-order valence-corrected chi connectivity index (χ3v) is 11.5. The van der Waals surface area contributed by atoms with Gasteiger partial charge in [-0.3, -0.25) is 7.57 Å². The van der Waals surface area contributed by atoms with E-state index in [9.17, 15) is 0 Å². The van der Waals surface area contributed by atoms with Gasteiger partial charge in [0.2, 0.25) is 0 Å². The highest BCUT2D eigenvalue weighted by Crippen LogP contribution is 2.53. The molecule has 0 nitrogen and oxygen atoms in total. The van der Waals surface area contributed by atoms with Crippen molar-refractivity contribution in [2.45, 2.75) is 0 Å². The predicted molar refractivity (Wildman–Crippen MR) is 134 cm³/mol. The Balaban J connectivity index is 1.70. The Hall–Kier alpha value is -2.20. The van der Waals surface area contributed by atoms with E-state index in [1.165, 1.54) is 21.2 Å². The van der Waals surface area contributed by atoms with Gasteiger partial charge in [-0.25, -0.2) is 0 Å². The lowest BCUT2D eigenvalue weighted by molar-refractivity contribution is 1.50. The highest BCUT2D eigenvalue weighted by atomic mass is 31.2. The van der Waals surface area contributed by atoms with Crippen molar-refractivity contribution < 1.29 is 0 Å². The molecule has 0 amide bonds. The van der Waals surface area contributed by atoms with Gasteiger partial charge in [0.15, 0.2) is 0 Å². The van der Waals surface area contributed by atoms with Crippen LogP contribution in [0.3, 0.4) is 0 Å². The number of rotatable bonds is 7. The van der Waals surface area contributed by atoms with E-state index in [2.05, 4.69) is 121 Å². The van der Waals surface area contributed by atoms with E-state index in [0.29, 0.717) is 0 Å². The van der Waals surface area contributed by atoms with Crippen LogP contribution in [0.1, 0.15) is 0 Å². The van der Waals surface area contributed by atoms with Crippen molar-refractivity contribution in [1.29, 1.82) is 0 Å². The van der Waals surface area contributed by atoms with Gasteiger partial charge >= 0.3 is 0 Å². The summed E-state index contributed by atoms with van der Waals surface area (Å²) in [4.78, 5) is 0. The monoisotopic (exact) mass is 409 g/mol. The molecular formula is C26H24BP2. The van der Waals surface area contributed by atoms with Gasteiger partial charge in [-0.05, 0) is 42.8 Å². The molecular weight excluding hydrogens is 385 g/mol. The molecule has 0 atom stereocenters. The van der Waals surface area contributed by atoms with Crippen LogP contribution in [0.15, 0.2) is 121 Å². The van der Waals surface area contributed by atoms with E-state index in [4.69, 9.17) is 7.57 Å². The minimum Gasteiger partial charge on any atom is -0.292 e. The summed E-state index contributed by atoms with van der Waals surface area (Å²) in [7, 11) is 4.87. The lowest BCUT2D eigenvalue weighted by Gasteiger charge is -2.38. The molecule has 0 heterocycles. The van der Waals surface area contributed by atoms with Crippen molar-refractivity contribution in [2.24, 2.45) is 0 Å². The van der Waals surface area contributed by atoms with Crippen molar-refractivity contribution in [2.75, 3.05) is 12.3 Å². The molecule has 0 saturated heterocycles. The Kier molecular flexibility index (Phi) is 6.61. The van der Waals surface area contributed by atoms with Gasteiger partial charge in [0, 0.05) is 22.9 Å². The van der Waals surface area contributed by atoms with Gasteiger partial charge < -0.3 is 0 Å². The number of benzene rings is 4. The zero-order valence-corrected chi connectivity index (χ0v) is 18.2. The number of hydrogen-bond acceptors (Lipinski definition) is 0. The van der Waals surface area contributed by atoms with Crippen molar-refractivity contribution in [3.63, 3.8) is 0 Å². The molecule has 0 aliphatic carbocycles. The molecule has 3 heteroatoms. The zero-order valence-electron chi connectivity index (χ0n) is 16.4. The lowest BCUT2D eigenvalue weighted by Crippen LogP contribution is -2.27. The van der Waals surface area contributed by atoms with Crippen LogP contribution >= 0.6 is 15.1 Å². The highest BCUT2D eigenvalue weighted by Gasteiger charge is 2.26. The summed E-state index contributed by atoms with van der Waals surface area (Å²) < 4.78 is 0. The maximum atomic E-state index is 7.27. The first kappa shape index (κ1) is 20.1. The SMILES string of the molecule is [B-][P+](CCP(c1ccccc1)c1ccccc1)(c1ccccc1)c1ccccc1. The first-order valence-electron chi connectivity index (χ1n) is 9.93. The normalized spacial score (nSPS) is 11.5. The fourth-order valence-electron chi connectivity index (χ4n) is 3.68. The molecule has 0 unspecified atom stereocenters. The largest absolute Gasteiger partial charge is 0.292 e. The topological polar surface area (TPSA) is 0 Å². The Morgan fingerprint density at radius 3 is 1.24 bits per heavy atom. The van der Waals surface area contributed by atoms with Gasteiger partial charge in [-0.15, -0.1) is 0 Å². The van der Waals surface area contributed by atoms with Crippen LogP contribution in [-0.4, -0.2) is 19.9 Å². The molecule has 29 heavy (non-hydrogen) atoms. The van der Waals surface area contributed by atoms with Gasteiger partial charge in [0.25, 0.3) is 0 Å². The predicted octanol–water partition coefficient (Wildman–Crippen LogP) is 4.87. The average Bonchev–Trinajstić information content (AvgIpc) is 2.81. The summed E-state index contributed by atoms with van der Waals surface area (Å²) in [5.41, 5.74) is 0. The molecule has 4 rings (SSSR count). The Morgan fingerprint density at radius 2 is 0.862 bits per heavy atom. The van der Waals surface area contributed by atoms with E-state index in [1.54, 1.807) is 0 Å². The third kappa shape index (κ3) is 4.70. The van der Waals surface area contributed by atoms with E-state index < -0.39 is 15.1 Å². The summed E-state index contributed by atoms with van der Waals surface area (Å²) in [6.45, 7) is 0. The minimum atomic E-state index is -1.95. The summed E-state index contributed by atoms with van der Waals surface area (Å²) in [5, 5.41) is 5.40. The molecule has 0 saturated carbocycles. The third-order valence-electron chi connectivity index (χ3n) is 5.25. The second-order valence-corrected chi connectivity index (χ2v) is 12.6. The molecule has 0 aliphatic rings. The molecule has 4 aromatic carbocycles. The summed E-state index contributed by atoms with van der Waals surface area (Å²) in [5.74, 6) is 0. The molecule has 0 aliphatic heterocycles. The second kappa shape index (κ2) is 9.54. The van der Waals surface area contributed by atoms with Crippen molar-refractivity contribution in [1.82, 2.24) is 0 Å². The smallest absolute Gasteiger partial charge is 0.0467 e. The van der Waals surface area contributed by atoms with Gasteiger partial charge in [-0.2, -0.15) is 7.14 Å². The van der Waals surface area contributed by atoms with Crippen LogP contribution in [0.4, 0.5) is 0 Å². The van der Waals surface area contributed by atoms with E-state index in [1.807, 2.05) is 0 Å². The Labute approximate surface area is 177 Å². The van der Waals surface area contributed by atoms with Crippen LogP contribution in [0, 0.1) is 0 Å². The molecule has 0 N–H and O–H groups in total. The van der Waals surface area contributed by atoms with E-state index in [-0.39, 0.29) is 0 Å². The Bertz CT molecular complexity index is 927. The summed E-state index contributed by atoms with van der Waals surface area (Å²) in [6.07, 6.45) is 2.08.